The van der Waals surface area contributed by atoms with Gasteiger partial charge in [0.25, 0.3) is 0 Å². The number of hydrogen-bond donors (Lipinski definition) is 1. The van der Waals surface area contributed by atoms with E-state index in [0.29, 0.717) is 22.8 Å². The third-order valence-corrected chi connectivity index (χ3v) is 4.83. The van der Waals surface area contributed by atoms with E-state index in [1.807, 2.05) is 0 Å². The van der Waals surface area contributed by atoms with Crippen molar-refractivity contribution < 1.29 is 32.5 Å². The van der Waals surface area contributed by atoms with Crippen molar-refractivity contribution in [3.8, 4) is 17.2 Å². The van der Waals surface area contributed by atoms with E-state index in [1.54, 1.807) is 13.0 Å². The molecule has 150 valence electrons. The lowest BCUT2D eigenvalue weighted by atomic mass is 10.1. The fourth-order valence-corrected chi connectivity index (χ4v) is 3.03. The quantitative estimate of drug-likeness (QED) is 0.673. The molecular weight excluding hydrogens is 384 g/mol. The molecule has 7 nitrogen and oxygen atoms in total. The summed E-state index contributed by atoms with van der Waals surface area (Å²) in [5.74, 6) is 0.488. The maximum Gasteiger partial charge on any atom is 0.338 e. The van der Waals surface area contributed by atoms with Crippen LogP contribution < -0.4 is 9.47 Å². The molecule has 2 aromatic rings. The second-order valence-electron chi connectivity index (χ2n) is 5.74. The minimum atomic E-state index is -3.32. The molecule has 0 saturated heterocycles. The molecule has 0 aliphatic carbocycles. The summed E-state index contributed by atoms with van der Waals surface area (Å²) in [7, 11) is -1.87. The molecule has 0 fully saturated rings. The number of aliphatic hydroxyl groups is 1. The average molecular weight is 406 g/mol. The van der Waals surface area contributed by atoms with Crippen LogP contribution in [0.1, 0.15) is 22.8 Å². The van der Waals surface area contributed by atoms with Gasteiger partial charge in [0.05, 0.1) is 36.3 Å². The van der Waals surface area contributed by atoms with Crippen LogP contribution in [0.4, 0.5) is 0 Å². The second-order valence-corrected chi connectivity index (χ2v) is 7.76. The van der Waals surface area contributed by atoms with Gasteiger partial charge in [0.2, 0.25) is 0 Å². The number of sulfone groups is 1. The molecule has 0 amide bonds. The van der Waals surface area contributed by atoms with E-state index < -0.39 is 15.8 Å². The molecule has 0 spiro atoms. The molecule has 2 aromatic carbocycles. The highest BCUT2D eigenvalue weighted by Gasteiger charge is 2.17. The third kappa shape index (κ3) is 5.34. The molecule has 0 radical (unpaired) electrons. The lowest BCUT2D eigenvalue weighted by molar-refractivity contribution is 0.0525. The number of aliphatic hydroxyl groups excluding tert-OH is 1. The van der Waals surface area contributed by atoms with Crippen molar-refractivity contribution in [2.24, 2.45) is 0 Å². The first-order valence-electron chi connectivity index (χ1n) is 8.44. The average Bonchev–Trinajstić information content (AvgIpc) is 2.66. The van der Waals surface area contributed by atoms with Crippen LogP contribution in [0.25, 0.3) is 6.08 Å². The molecule has 0 heterocycles. The van der Waals surface area contributed by atoms with Crippen LogP contribution in [0.15, 0.2) is 47.4 Å². The van der Waals surface area contributed by atoms with Crippen molar-refractivity contribution in [1.82, 2.24) is 0 Å². The Hall–Kier alpha value is -2.84. The van der Waals surface area contributed by atoms with E-state index in [1.165, 1.54) is 49.6 Å². The molecule has 2 rings (SSSR count). The van der Waals surface area contributed by atoms with Gasteiger partial charge >= 0.3 is 5.97 Å². The van der Waals surface area contributed by atoms with Gasteiger partial charge in [-0.25, -0.2) is 13.2 Å². The molecule has 1 N–H and O–H groups in total. The lowest BCUT2D eigenvalue weighted by Crippen LogP contribution is -2.06. The monoisotopic (exact) mass is 406 g/mol. The van der Waals surface area contributed by atoms with Gasteiger partial charge in [0, 0.05) is 6.26 Å². The summed E-state index contributed by atoms with van der Waals surface area (Å²) in [6, 6.07) is 8.91. The Morgan fingerprint density at radius 3 is 2.32 bits per heavy atom. The Morgan fingerprint density at radius 1 is 1.14 bits per heavy atom. The summed E-state index contributed by atoms with van der Waals surface area (Å²) in [6.07, 6.45) is 4.23. The predicted molar refractivity (Wildman–Crippen MR) is 105 cm³/mol. The maximum absolute atomic E-state index is 12.1. The number of carbonyl (C=O) groups is 1. The normalized spacial score (nSPS) is 11.4. The van der Waals surface area contributed by atoms with Crippen LogP contribution in [0, 0.1) is 0 Å². The van der Waals surface area contributed by atoms with Crippen LogP contribution in [-0.4, -0.2) is 46.1 Å². The van der Waals surface area contributed by atoms with Crippen LogP contribution in [-0.2, 0) is 14.6 Å². The van der Waals surface area contributed by atoms with Crippen LogP contribution in [0.2, 0.25) is 0 Å². The highest BCUT2D eigenvalue weighted by molar-refractivity contribution is 7.90. The highest BCUT2D eigenvalue weighted by Crippen LogP contribution is 2.35. The van der Waals surface area contributed by atoms with E-state index in [9.17, 15) is 13.2 Å². The predicted octanol–water partition coefficient (Wildman–Crippen LogP) is 3.07. The van der Waals surface area contributed by atoms with Gasteiger partial charge in [0.1, 0.15) is 17.2 Å². The van der Waals surface area contributed by atoms with Gasteiger partial charge in [-0.15, -0.1) is 0 Å². The van der Waals surface area contributed by atoms with Crippen LogP contribution >= 0.6 is 0 Å². The highest BCUT2D eigenvalue weighted by atomic mass is 32.2. The summed E-state index contributed by atoms with van der Waals surface area (Å²) in [5.41, 5.74) is 0.749. The van der Waals surface area contributed by atoms with Crippen LogP contribution in [0.3, 0.4) is 0 Å². The molecule has 8 heteroatoms. The number of rotatable bonds is 8. The number of methoxy groups -OCH3 is 1. The molecule has 0 unspecified atom stereocenters. The zero-order valence-electron chi connectivity index (χ0n) is 15.8. The molecule has 0 atom stereocenters. The smallest absolute Gasteiger partial charge is 0.338 e. The Kier molecular flexibility index (Phi) is 7.19. The van der Waals surface area contributed by atoms with E-state index in [2.05, 4.69) is 0 Å². The van der Waals surface area contributed by atoms with Gasteiger partial charge in [-0.2, -0.15) is 0 Å². The van der Waals surface area contributed by atoms with E-state index >= 15 is 0 Å². The summed E-state index contributed by atoms with van der Waals surface area (Å²) in [4.78, 5) is 12.3. The third-order valence-electron chi connectivity index (χ3n) is 3.70. The fourth-order valence-electron chi connectivity index (χ4n) is 2.40. The minimum Gasteiger partial charge on any atom is -0.496 e. The first kappa shape index (κ1) is 21.5. The van der Waals surface area contributed by atoms with E-state index in [0.717, 1.165) is 6.26 Å². The molecule has 0 saturated carbocycles. The van der Waals surface area contributed by atoms with Gasteiger partial charge in [0.15, 0.2) is 9.84 Å². The molecule has 28 heavy (non-hydrogen) atoms. The summed E-state index contributed by atoms with van der Waals surface area (Å²) in [5, 5.41) is 9.09. The molecule has 0 aliphatic rings. The van der Waals surface area contributed by atoms with E-state index in [-0.39, 0.29) is 23.7 Å². The van der Waals surface area contributed by atoms with Gasteiger partial charge < -0.3 is 19.3 Å². The van der Waals surface area contributed by atoms with E-state index in [4.69, 9.17) is 19.3 Å². The molecule has 0 bridgehead atoms. The lowest BCUT2D eigenvalue weighted by Gasteiger charge is -2.15. The number of hydrogen-bond acceptors (Lipinski definition) is 7. The van der Waals surface area contributed by atoms with Crippen molar-refractivity contribution >= 4 is 21.9 Å². The first-order valence-corrected chi connectivity index (χ1v) is 10.3. The Balaban J connectivity index is 2.50. The molecule has 0 aromatic heterocycles. The van der Waals surface area contributed by atoms with Crippen molar-refractivity contribution in [3.63, 3.8) is 0 Å². The zero-order chi connectivity index (χ0) is 20.7. The number of benzene rings is 2. The largest absolute Gasteiger partial charge is 0.496 e. The first-order chi connectivity index (χ1) is 13.3. The maximum atomic E-state index is 12.1. The van der Waals surface area contributed by atoms with Gasteiger partial charge in [-0.1, -0.05) is 6.08 Å². The standard InChI is InChI=1S/C20H22O7S/c1-4-26-20(22)14-12-18(25-2)17(6-5-11-21)19(13-14)27-15-7-9-16(10-8-15)28(3,23)24/h5-10,12-13,21H,4,11H2,1-3H3/b6-5+. The second kappa shape index (κ2) is 9.38. The topological polar surface area (TPSA) is 99.1 Å². The summed E-state index contributed by atoms with van der Waals surface area (Å²) < 4.78 is 39.5. The number of esters is 1. The van der Waals surface area contributed by atoms with Gasteiger partial charge in [-0.05, 0) is 49.4 Å². The SMILES string of the molecule is CCOC(=O)c1cc(OC)c(/C=C/CO)c(Oc2ccc(S(C)(=O)=O)cc2)c1. The zero-order valence-corrected chi connectivity index (χ0v) is 16.7. The van der Waals surface area contributed by atoms with Crippen molar-refractivity contribution in [2.45, 2.75) is 11.8 Å². The molecule has 0 aliphatic heterocycles. The van der Waals surface area contributed by atoms with Gasteiger partial charge in [-0.3, -0.25) is 0 Å². The van der Waals surface area contributed by atoms with Crippen molar-refractivity contribution in [3.05, 3.63) is 53.6 Å². The van der Waals surface area contributed by atoms with Crippen molar-refractivity contribution in [2.75, 3.05) is 26.6 Å². The van der Waals surface area contributed by atoms with Crippen LogP contribution in [0.5, 0.6) is 17.2 Å². The Morgan fingerprint density at radius 2 is 1.79 bits per heavy atom. The van der Waals surface area contributed by atoms with Crippen molar-refractivity contribution in [1.29, 1.82) is 0 Å². The minimum absolute atomic E-state index is 0.165. The number of ether oxygens (including phenoxy) is 3. The Bertz CT molecular complexity index is 961. The summed E-state index contributed by atoms with van der Waals surface area (Å²) in [6.45, 7) is 1.73. The fraction of sp³-hybridized carbons (Fsp3) is 0.250. The summed E-state index contributed by atoms with van der Waals surface area (Å²) >= 11 is 0. The number of carbonyl (C=O) groups excluding carboxylic acids is 1. The Labute approximate surface area is 164 Å². The molecular formula is C20H22O7S.